The fourth-order valence-corrected chi connectivity index (χ4v) is 4.45. The number of urea groups is 1. The van der Waals surface area contributed by atoms with Crippen LogP contribution in [0.2, 0.25) is 5.02 Å². The van der Waals surface area contributed by atoms with Crippen LogP contribution in [0, 0.1) is 5.92 Å². The number of thioether (sulfide) groups is 1. The molecule has 0 spiro atoms. The fraction of sp³-hybridized carbons (Fsp3) is 0.423. The summed E-state index contributed by atoms with van der Waals surface area (Å²) < 4.78 is 5.44. The monoisotopic (exact) mass is 518 g/mol. The Bertz CT molecular complexity index is 969. The van der Waals surface area contributed by atoms with E-state index in [1.807, 2.05) is 55.5 Å². The number of hydrogen-bond donors (Lipinski definition) is 3. The highest BCUT2D eigenvalue weighted by atomic mass is 35.5. The van der Waals surface area contributed by atoms with Crippen molar-refractivity contribution in [2.75, 3.05) is 25.4 Å². The summed E-state index contributed by atoms with van der Waals surface area (Å²) in [7, 11) is 0. The molecule has 2 aromatic carbocycles. The third-order valence-corrected chi connectivity index (χ3v) is 6.70. The lowest BCUT2D eigenvalue weighted by molar-refractivity contribution is -0.122. The maximum atomic E-state index is 12.2. The van der Waals surface area contributed by atoms with E-state index in [0.29, 0.717) is 25.3 Å². The molecule has 3 amide bonds. The standard InChI is InChI=1S/C26H35ClN4O3S/c1-4-19(3)24(18-35-17-21-8-6-7-9-23(21)27)30-31-26(33)29-15-14-20-10-12-22(13-11-20)34-16-25(32)28-5-2/h6-13,19H,4-5,14-18H2,1-3H3,(H,28,32)(H2,29,31,33)/b30-24-/t19-/m0/s1. The fourth-order valence-electron chi connectivity index (χ4n) is 3.03. The molecule has 2 rings (SSSR count). The van der Waals surface area contributed by atoms with E-state index >= 15 is 0 Å². The van der Waals surface area contributed by atoms with Crippen LogP contribution in [0.15, 0.2) is 53.6 Å². The first-order valence-electron chi connectivity index (χ1n) is 11.8. The number of benzene rings is 2. The van der Waals surface area contributed by atoms with Gasteiger partial charge in [0.1, 0.15) is 5.75 Å². The summed E-state index contributed by atoms with van der Waals surface area (Å²) >= 11 is 7.97. The number of carbonyl (C=O) groups is 2. The second-order valence-corrected chi connectivity index (χ2v) is 9.39. The van der Waals surface area contributed by atoms with E-state index in [0.717, 1.165) is 39.8 Å². The van der Waals surface area contributed by atoms with Crippen LogP contribution in [0.5, 0.6) is 5.75 Å². The number of likely N-dealkylation sites (N-methyl/N-ethyl adjacent to an activating group) is 1. The largest absolute Gasteiger partial charge is 0.484 e. The maximum Gasteiger partial charge on any atom is 0.335 e. The number of hydrogen-bond acceptors (Lipinski definition) is 5. The van der Waals surface area contributed by atoms with Gasteiger partial charge in [0.05, 0.1) is 5.71 Å². The average Bonchev–Trinajstić information content (AvgIpc) is 2.86. The Morgan fingerprint density at radius 3 is 2.51 bits per heavy atom. The van der Waals surface area contributed by atoms with E-state index in [9.17, 15) is 9.59 Å². The van der Waals surface area contributed by atoms with Crippen molar-refractivity contribution in [1.29, 1.82) is 0 Å². The van der Waals surface area contributed by atoms with Crippen LogP contribution in [0.3, 0.4) is 0 Å². The van der Waals surface area contributed by atoms with Crippen molar-refractivity contribution in [2.24, 2.45) is 11.0 Å². The van der Waals surface area contributed by atoms with Gasteiger partial charge in [-0.3, -0.25) is 4.79 Å². The van der Waals surface area contributed by atoms with Crippen molar-refractivity contribution in [3.05, 3.63) is 64.7 Å². The molecule has 190 valence electrons. The highest BCUT2D eigenvalue weighted by Gasteiger charge is 2.11. The predicted molar refractivity (Wildman–Crippen MR) is 145 cm³/mol. The topological polar surface area (TPSA) is 91.8 Å². The Morgan fingerprint density at radius 1 is 1.09 bits per heavy atom. The van der Waals surface area contributed by atoms with Crippen LogP contribution in [-0.2, 0) is 17.0 Å². The summed E-state index contributed by atoms with van der Waals surface area (Å²) in [5, 5.41) is 10.7. The van der Waals surface area contributed by atoms with Crippen LogP contribution >= 0.6 is 23.4 Å². The number of ether oxygens (including phenoxy) is 1. The zero-order chi connectivity index (χ0) is 25.5. The van der Waals surface area contributed by atoms with Crippen LogP contribution in [0.1, 0.15) is 38.3 Å². The zero-order valence-corrected chi connectivity index (χ0v) is 22.2. The first-order chi connectivity index (χ1) is 16.9. The van der Waals surface area contributed by atoms with Crippen LogP contribution in [0.4, 0.5) is 4.79 Å². The van der Waals surface area contributed by atoms with Gasteiger partial charge in [-0.05, 0) is 55.0 Å². The molecule has 0 heterocycles. The summed E-state index contributed by atoms with van der Waals surface area (Å²) in [5.41, 5.74) is 5.72. The Labute approximate surface area is 217 Å². The van der Waals surface area contributed by atoms with Gasteiger partial charge in [0.2, 0.25) is 0 Å². The number of nitrogens with one attached hydrogen (secondary N) is 3. The second-order valence-electron chi connectivity index (χ2n) is 8.00. The van der Waals surface area contributed by atoms with Gasteiger partial charge >= 0.3 is 6.03 Å². The number of carbonyl (C=O) groups excluding carboxylic acids is 2. The maximum absolute atomic E-state index is 12.2. The Kier molecular flexibility index (Phi) is 13.1. The van der Waals surface area contributed by atoms with Gasteiger partial charge < -0.3 is 15.4 Å². The molecule has 1 atom stereocenters. The van der Waals surface area contributed by atoms with Gasteiger partial charge in [-0.2, -0.15) is 16.9 Å². The summed E-state index contributed by atoms with van der Waals surface area (Å²) in [6.07, 6.45) is 1.61. The van der Waals surface area contributed by atoms with Crippen LogP contribution in [0.25, 0.3) is 0 Å². The lowest BCUT2D eigenvalue weighted by Crippen LogP contribution is -2.35. The highest BCUT2D eigenvalue weighted by molar-refractivity contribution is 7.99. The van der Waals surface area contributed by atoms with Gasteiger partial charge in [0.25, 0.3) is 5.91 Å². The quantitative estimate of drug-likeness (QED) is 0.241. The molecule has 0 bridgehead atoms. The molecule has 0 saturated heterocycles. The van der Waals surface area contributed by atoms with Gasteiger partial charge in [0, 0.05) is 29.6 Å². The van der Waals surface area contributed by atoms with E-state index in [-0.39, 0.29) is 24.5 Å². The van der Waals surface area contributed by atoms with Crippen LogP contribution in [-0.4, -0.2) is 43.1 Å². The van der Waals surface area contributed by atoms with E-state index in [4.69, 9.17) is 16.3 Å². The van der Waals surface area contributed by atoms with E-state index < -0.39 is 0 Å². The molecule has 0 radical (unpaired) electrons. The van der Waals surface area contributed by atoms with Crippen molar-refractivity contribution in [2.45, 2.75) is 39.4 Å². The average molecular weight is 519 g/mol. The van der Waals surface area contributed by atoms with Gasteiger partial charge in [-0.25, -0.2) is 10.2 Å². The Morgan fingerprint density at radius 2 is 1.83 bits per heavy atom. The van der Waals surface area contributed by atoms with E-state index in [1.165, 1.54) is 0 Å². The summed E-state index contributed by atoms with van der Waals surface area (Å²) in [5.74, 6) is 2.25. The Balaban J connectivity index is 1.74. The number of hydrazone groups is 1. The zero-order valence-electron chi connectivity index (χ0n) is 20.6. The van der Waals surface area contributed by atoms with Crippen molar-refractivity contribution in [1.82, 2.24) is 16.1 Å². The number of rotatable bonds is 14. The van der Waals surface area contributed by atoms with E-state index in [1.54, 1.807) is 11.8 Å². The molecule has 0 aliphatic heterocycles. The van der Waals surface area contributed by atoms with Crippen molar-refractivity contribution in [3.63, 3.8) is 0 Å². The number of nitrogens with zero attached hydrogens (tertiary/aromatic N) is 1. The molecule has 0 aromatic heterocycles. The molecule has 0 aliphatic rings. The minimum Gasteiger partial charge on any atom is -0.484 e. The normalized spacial score (nSPS) is 12.1. The molecule has 9 heteroatoms. The third kappa shape index (κ3) is 11.0. The number of halogens is 1. The van der Waals surface area contributed by atoms with Crippen molar-refractivity contribution in [3.8, 4) is 5.75 Å². The SMILES string of the molecule is CCNC(=O)COc1ccc(CCNC(=O)N/N=C(/CSCc2ccccc2Cl)[C@@H](C)CC)cc1. The summed E-state index contributed by atoms with van der Waals surface area (Å²) in [6.45, 7) is 7.12. The molecule has 0 fully saturated rings. The minimum atomic E-state index is -0.330. The van der Waals surface area contributed by atoms with Gasteiger partial charge in [0.15, 0.2) is 6.61 Å². The molecule has 2 aromatic rings. The first-order valence-corrected chi connectivity index (χ1v) is 13.4. The smallest absolute Gasteiger partial charge is 0.335 e. The van der Waals surface area contributed by atoms with E-state index in [2.05, 4.69) is 35.0 Å². The van der Waals surface area contributed by atoms with Crippen molar-refractivity contribution >= 4 is 41.0 Å². The molecule has 0 saturated carbocycles. The highest BCUT2D eigenvalue weighted by Crippen LogP contribution is 2.22. The minimum absolute atomic E-state index is 0.00737. The second kappa shape index (κ2) is 16.1. The lowest BCUT2D eigenvalue weighted by atomic mass is 10.0. The summed E-state index contributed by atoms with van der Waals surface area (Å²) in [4.78, 5) is 23.7. The van der Waals surface area contributed by atoms with Crippen molar-refractivity contribution < 1.29 is 14.3 Å². The van der Waals surface area contributed by atoms with Crippen LogP contribution < -0.4 is 20.8 Å². The molecule has 0 aliphatic carbocycles. The third-order valence-electron chi connectivity index (χ3n) is 5.31. The van der Waals surface area contributed by atoms with Gasteiger partial charge in [-0.15, -0.1) is 0 Å². The Hall–Kier alpha value is -2.71. The molecule has 35 heavy (non-hydrogen) atoms. The van der Waals surface area contributed by atoms with Gasteiger partial charge in [-0.1, -0.05) is 55.8 Å². The number of amides is 3. The lowest BCUT2D eigenvalue weighted by Gasteiger charge is -2.13. The summed E-state index contributed by atoms with van der Waals surface area (Å²) in [6, 6.07) is 15.0. The predicted octanol–water partition coefficient (Wildman–Crippen LogP) is 5.03. The first kappa shape index (κ1) is 28.5. The molecule has 3 N–H and O–H groups in total. The molecular weight excluding hydrogens is 484 g/mol. The molecular formula is C26H35ClN4O3S. The molecule has 0 unspecified atom stereocenters. The molecule has 7 nitrogen and oxygen atoms in total.